The number of nitrogens with two attached hydrogens (primary N) is 1. The molecular weight excluding hydrogens is 166 g/mol. The minimum atomic E-state index is -0.186. The molecule has 5 heteroatoms. The fourth-order valence-corrected chi connectivity index (χ4v) is 1.53. The molecule has 0 atom stereocenters. The molecule has 0 bridgehead atoms. The Labute approximate surface area is 74.5 Å². The van der Waals surface area contributed by atoms with E-state index in [0.29, 0.717) is 0 Å². The summed E-state index contributed by atoms with van der Waals surface area (Å²) in [5.74, 6) is 0. The van der Waals surface area contributed by atoms with Gasteiger partial charge < -0.3 is 5.73 Å². The molecule has 0 radical (unpaired) electrons. The molecule has 2 N–H and O–H groups in total. The van der Waals surface area contributed by atoms with E-state index < -0.39 is 0 Å². The second kappa shape index (κ2) is 2.05. The molecule has 0 aromatic carbocycles. The highest BCUT2D eigenvalue weighted by atomic mass is 15.5. The van der Waals surface area contributed by atoms with Crippen LogP contribution in [0.4, 0.5) is 0 Å². The van der Waals surface area contributed by atoms with Crippen LogP contribution in [0.25, 0.3) is 5.65 Å². The van der Waals surface area contributed by atoms with Crippen LogP contribution in [0.3, 0.4) is 0 Å². The summed E-state index contributed by atoms with van der Waals surface area (Å²) in [7, 11) is 0. The highest BCUT2D eigenvalue weighted by Crippen LogP contribution is 2.42. The zero-order chi connectivity index (χ0) is 8.89. The van der Waals surface area contributed by atoms with E-state index in [1.165, 1.54) is 0 Å². The van der Waals surface area contributed by atoms with Crippen LogP contribution in [0, 0.1) is 0 Å². The lowest BCUT2D eigenvalue weighted by molar-refractivity contribution is 0.654. The zero-order valence-corrected chi connectivity index (χ0v) is 7.01. The molecule has 0 unspecified atom stereocenters. The standard InChI is InChI=1S/C8H9N5/c9-8(4-5-8)6-2-1-3-7-10-11-12-13(6)7/h1-3H,4-5,9H2. The Morgan fingerprint density at radius 2 is 2.23 bits per heavy atom. The van der Waals surface area contributed by atoms with Gasteiger partial charge in [-0.05, 0) is 35.4 Å². The molecule has 1 fully saturated rings. The van der Waals surface area contributed by atoms with Crippen molar-refractivity contribution < 1.29 is 0 Å². The van der Waals surface area contributed by atoms with Crippen LogP contribution in [0.1, 0.15) is 18.5 Å². The molecule has 2 aromatic rings. The van der Waals surface area contributed by atoms with Crippen molar-refractivity contribution in [1.29, 1.82) is 0 Å². The van der Waals surface area contributed by atoms with Crippen molar-refractivity contribution in [3.8, 4) is 0 Å². The smallest absolute Gasteiger partial charge is 0.179 e. The number of pyridine rings is 1. The van der Waals surface area contributed by atoms with E-state index in [9.17, 15) is 0 Å². The molecular formula is C8H9N5. The van der Waals surface area contributed by atoms with Crippen molar-refractivity contribution in [1.82, 2.24) is 20.0 Å². The van der Waals surface area contributed by atoms with Gasteiger partial charge >= 0.3 is 0 Å². The molecule has 0 saturated heterocycles. The highest BCUT2D eigenvalue weighted by Gasteiger charge is 2.42. The highest BCUT2D eigenvalue weighted by molar-refractivity contribution is 5.39. The lowest BCUT2D eigenvalue weighted by atomic mass is 10.2. The first-order chi connectivity index (χ1) is 6.30. The van der Waals surface area contributed by atoms with Crippen molar-refractivity contribution in [2.24, 2.45) is 5.73 Å². The Kier molecular flexibility index (Phi) is 1.10. The van der Waals surface area contributed by atoms with Crippen molar-refractivity contribution in [2.75, 3.05) is 0 Å². The molecule has 0 aliphatic heterocycles. The normalized spacial score (nSPS) is 19.2. The van der Waals surface area contributed by atoms with Crippen LogP contribution in [0.2, 0.25) is 0 Å². The summed E-state index contributed by atoms with van der Waals surface area (Å²) < 4.78 is 1.72. The van der Waals surface area contributed by atoms with Crippen LogP contribution in [-0.4, -0.2) is 20.0 Å². The summed E-state index contributed by atoms with van der Waals surface area (Å²) in [6, 6.07) is 5.79. The molecule has 3 rings (SSSR count). The summed E-state index contributed by atoms with van der Waals surface area (Å²) in [4.78, 5) is 0. The molecule has 5 nitrogen and oxygen atoms in total. The zero-order valence-electron chi connectivity index (χ0n) is 7.01. The summed E-state index contributed by atoms with van der Waals surface area (Å²) in [6.07, 6.45) is 2.04. The number of rotatable bonds is 1. The van der Waals surface area contributed by atoms with Gasteiger partial charge in [-0.2, -0.15) is 4.52 Å². The fraction of sp³-hybridized carbons (Fsp3) is 0.375. The van der Waals surface area contributed by atoms with Gasteiger partial charge in [-0.25, -0.2) is 0 Å². The Hall–Kier alpha value is -1.49. The van der Waals surface area contributed by atoms with Crippen molar-refractivity contribution >= 4 is 5.65 Å². The first-order valence-electron chi connectivity index (χ1n) is 4.26. The number of hydrogen-bond donors (Lipinski definition) is 1. The molecule has 2 heterocycles. The molecule has 2 aromatic heterocycles. The van der Waals surface area contributed by atoms with Gasteiger partial charge in [-0.1, -0.05) is 6.07 Å². The summed E-state index contributed by atoms with van der Waals surface area (Å²) >= 11 is 0. The van der Waals surface area contributed by atoms with Crippen LogP contribution in [-0.2, 0) is 5.54 Å². The van der Waals surface area contributed by atoms with Gasteiger partial charge in [-0.15, -0.1) is 5.10 Å². The summed E-state index contributed by atoms with van der Waals surface area (Å²) in [5, 5.41) is 11.4. The second-order valence-electron chi connectivity index (χ2n) is 3.52. The summed E-state index contributed by atoms with van der Waals surface area (Å²) in [6.45, 7) is 0. The maximum Gasteiger partial charge on any atom is 0.179 e. The predicted octanol–water partition coefficient (Wildman–Crippen LogP) is 0.0721. The third kappa shape index (κ3) is 0.874. The van der Waals surface area contributed by atoms with E-state index in [-0.39, 0.29) is 5.54 Å². The largest absolute Gasteiger partial charge is 0.320 e. The maximum atomic E-state index is 6.08. The van der Waals surface area contributed by atoms with E-state index in [0.717, 1.165) is 24.2 Å². The number of aromatic nitrogens is 4. The van der Waals surface area contributed by atoms with Gasteiger partial charge in [0.1, 0.15) is 0 Å². The predicted molar refractivity (Wildman–Crippen MR) is 45.9 cm³/mol. The number of tetrazole rings is 1. The Morgan fingerprint density at radius 1 is 1.38 bits per heavy atom. The van der Waals surface area contributed by atoms with E-state index >= 15 is 0 Å². The first kappa shape index (κ1) is 6.97. The van der Waals surface area contributed by atoms with Crippen molar-refractivity contribution in [3.63, 3.8) is 0 Å². The molecule has 1 saturated carbocycles. The molecule has 13 heavy (non-hydrogen) atoms. The topological polar surface area (TPSA) is 69.1 Å². The van der Waals surface area contributed by atoms with Crippen molar-refractivity contribution in [2.45, 2.75) is 18.4 Å². The molecule has 1 aliphatic rings. The third-order valence-electron chi connectivity index (χ3n) is 2.52. The van der Waals surface area contributed by atoms with E-state index in [1.54, 1.807) is 4.52 Å². The van der Waals surface area contributed by atoms with E-state index in [2.05, 4.69) is 15.5 Å². The van der Waals surface area contributed by atoms with Crippen molar-refractivity contribution in [3.05, 3.63) is 23.9 Å². The van der Waals surface area contributed by atoms with Gasteiger partial charge in [0.2, 0.25) is 0 Å². The van der Waals surface area contributed by atoms with Crippen LogP contribution in [0.5, 0.6) is 0 Å². The molecule has 66 valence electrons. The number of hydrogen-bond acceptors (Lipinski definition) is 4. The molecule has 1 aliphatic carbocycles. The average molecular weight is 175 g/mol. The second-order valence-corrected chi connectivity index (χ2v) is 3.52. The molecule has 0 amide bonds. The third-order valence-corrected chi connectivity index (χ3v) is 2.52. The Morgan fingerprint density at radius 3 is 3.00 bits per heavy atom. The average Bonchev–Trinajstić information content (AvgIpc) is 2.72. The molecule has 0 spiro atoms. The monoisotopic (exact) mass is 175 g/mol. The van der Waals surface area contributed by atoms with E-state index in [4.69, 9.17) is 5.73 Å². The van der Waals surface area contributed by atoms with Crippen LogP contribution < -0.4 is 5.73 Å². The summed E-state index contributed by atoms with van der Waals surface area (Å²) in [5.41, 5.74) is 7.66. The van der Waals surface area contributed by atoms with Gasteiger partial charge in [0.05, 0.1) is 11.2 Å². The SMILES string of the molecule is NC1(c2cccc3nnnn23)CC1. The lowest BCUT2D eigenvalue weighted by Crippen LogP contribution is -2.22. The van der Waals surface area contributed by atoms with E-state index in [1.807, 2.05) is 18.2 Å². The lowest BCUT2D eigenvalue weighted by Gasteiger charge is -2.08. The van der Waals surface area contributed by atoms with Gasteiger partial charge in [0, 0.05) is 0 Å². The fourth-order valence-electron chi connectivity index (χ4n) is 1.53. The first-order valence-corrected chi connectivity index (χ1v) is 4.26. The minimum Gasteiger partial charge on any atom is -0.320 e. The minimum absolute atomic E-state index is 0.186. The number of fused-ring (bicyclic) bond motifs is 1. The van der Waals surface area contributed by atoms with Gasteiger partial charge in [0.15, 0.2) is 5.65 Å². The maximum absolute atomic E-state index is 6.08. The van der Waals surface area contributed by atoms with Gasteiger partial charge in [0.25, 0.3) is 0 Å². The van der Waals surface area contributed by atoms with Crippen LogP contribution >= 0.6 is 0 Å². The quantitative estimate of drug-likeness (QED) is 0.666. The Balaban J connectivity index is 2.33. The van der Waals surface area contributed by atoms with Gasteiger partial charge in [-0.3, -0.25) is 0 Å². The Bertz CT molecular complexity index is 456. The number of nitrogens with zero attached hydrogens (tertiary/aromatic N) is 4. The van der Waals surface area contributed by atoms with Crippen LogP contribution in [0.15, 0.2) is 18.2 Å².